The predicted molar refractivity (Wildman–Crippen MR) is 115 cm³/mol. The van der Waals surface area contributed by atoms with Crippen molar-refractivity contribution in [3.63, 3.8) is 0 Å². The first-order valence-corrected chi connectivity index (χ1v) is 10.5. The third kappa shape index (κ3) is 5.83. The first kappa shape index (κ1) is 21.8. The van der Waals surface area contributed by atoms with Crippen LogP contribution in [0.2, 0.25) is 0 Å². The van der Waals surface area contributed by atoms with Crippen LogP contribution in [-0.4, -0.2) is 50.1 Å². The standard InChI is InChI=1S/C24H30N2O4/c1-3-30-24(28)20-13-15-26(16-14-20)17-22(27)25-23(18-7-5-4-6-8-18)19-9-11-21(29-2)12-10-19/h4-12,20,23H,3,13-17H2,1-2H3,(H,25,27)/t23-/m0/s1. The topological polar surface area (TPSA) is 67.9 Å². The number of ether oxygens (including phenoxy) is 2. The monoisotopic (exact) mass is 410 g/mol. The molecule has 6 heteroatoms. The van der Waals surface area contributed by atoms with E-state index in [0.29, 0.717) is 13.2 Å². The Morgan fingerprint density at radius 3 is 2.27 bits per heavy atom. The normalized spacial score (nSPS) is 15.9. The molecule has 0 unspecified atom stereocenters. The Morgan fingerprint density at radius 1 is 1.03 bits per heavy atom. The molecule has 160 valence electrons. The van der Waals surface area contributed by atoms with E-state index in [9.17, 15) is 9.59 Å². The molecule has 2 aromatic rings. The van der Waals surface area contributed by atoms with Gasteiger partial charge < -0.3 is 14.8 Å². The van der Waals surface area contributed by atoms with Crippen LogP contribution in [0.15, 0.2) is 54.6 Å². The number of methoxy groups -OCH3 is 1. The van der Waals surface area contributed by atoms with Crippen LogP contribution in [0.1, 0.15) is 36.9 Å². The van der Waals surface area contributed by atoms with Gasteiger partial charge in [0.1, 0.15) is 5.75 Å². The van der Waals surface area contributed by atoms with Gasteiger partial charge in [0.05, 0.1) is 32.2 Å². The summed E-state index contributed by atoms with van der Waals surface area (Å²) in [6.45, 7) is 3.98. The number of hydrogen-bond acceptors (Lipinski definition) is 5. The van der Waals surface area contributed by atoms with E-state index in [2.05, 4.69) is 10.2 Å². The summed E-state index contributed by atoms with van der Waals surface area (Å²) in [7, 11) is 1.64. The molecule has 6 nitrogen and oxygen atoms in total. The van der Waals surface area contributed by atoms with Crippen LogP contribution in [0.3, 0.4) is 0 Å². The van der Waals surface area contributed by atoms with Gasteiger partial charge in [-0.25, -0.2) is 0 Å². The number of likely N-dealkylation sites (tertiary alicyclic amines) is 1. The molecular formula is C24H30N2O4. The fraction of sp³-hybridized carbons (Fsp3) is 0.417. The Bertz CT molecular complexity index is 815. The van der Waals surface area contributed by atoms with E-state index in [1.807, 2.05) is 61.5 Å². The molecular weight excluding hydrogens is 380 g/mol. The molecule has 1 atom stereocenters. The molecule has 1 fully saturated rings. The van der Waals surface area contributed by atoms with Crippen molar-refractivity contribution in [1.29, 1.82) is 0 Å². The van der Waals surface area contributed by atoms with Crippen molar-refractivity contribution in [2.24, 2.45) is 5.92 Å². The number of carbonyl (C=O) groups excluding carboxylic acids is 2. The number of piperidine rings is 1. The maximum atomic E-state index is 12.8. The first-order chi connectivity index (χ1) is 14.6. The Kier molecular flexibility index (Phi) is 7.85. The number of amides is 1. The van der Waals surface area contributed by atoms with Crippen LogP contribution >= 0.6 is 0 Å². The van der Waals surface area contributed by atoms with Gasteiger partial charge in [-0.05, 0) is 56.1 Å². The second-order valence-electron chi connectivity index (χ2n) is 7.49. The van der Waals surface area contributed by atoms with E-state index in [0.717, 1.165) is 42.8 Å². The lowest BCUT2D eigenvalue weighted by atomic mass is 9.96. The van der Waals surface area contributed by atoms with Gasteiger partial charge in [0.15, 0.2) is 0 Å². The second kappa shape index (κ2) is 10.8. The van der Waals surface area contributed by atoms with Crippen molar-refractivity contribution in [2.45, 2.75) is 25.8 Å². The van der Waals surface area contributed by atoms with Gasteiger partial charge in [0, 0.05) is 0 Å². The van der Waals surface area contributed by atoms with Gasteiger partial charge in [0.25, 0.3) is 0 Å². The van der Waals surface area contributed by atoms with E-state index in [1.165, 1.54) is 0 Å². The van der Waals surface area contributed by atoms with Gasteiger partial charge >= 0.3 is 5.97 Å². The number of nitrogens with one attached hydrogen (secondary N) is 1. The van der Waals surface area contributed by atoms with Crippen molar-refractivity contribution in [3.05, 3.63) is 65.7 Å². The summed E-state index contributed by atoms with van der Waals surface area (Å²) in [6.07, 6.45) is 1.46. The van der Waals surface area contributed by atoms with E-state index < -0.39 is 0 Å². The summed E-state index contributed by atoms with van der Waals surface area (Å²) in [4.78, 5) is 26.8. The summed E-state index contributed by atoms with van der Waals surface area (Å²) < 4.78 is 10.4. The van der Waals surface area contributed by atoms with Crippen LogP contribution in [0.25, 0.3) is 0 Å². The van der Waals surface area contributed by atoms with E-state index >= 15 is 0 Å². The summed E-state index contributed by atoms with van der Waals surface area (Å²) in [6, 6.07) is 17.4. The number of nitrogens with zero attached hydrogens (tertiary/aromatic N) is 1. The van der Waals surface area contributed by atoms with Gasteiger partial charge in [0.2, 0.25) is 5.91 Å². The molecule has 0 radical (unpaired) electrons. The van der Waals surface area contributed by atoms with Crippen LogP contribution < -0.4 is 10.1 Å². The van der Waals surface area contributed by atoms with Gasteiger partial charge in [-0.3, -0.25) is 14.5 Å². The molecule has 0 saturated carbocycles. The molecule has 1 aliphatic heterocycles. The first-order valence-electron chi connectivity index (χ1n) is 10.5. The lowest BCUT2D eigenvalue weighted by Crippen LogP contribution is -2.43. The van der Waals surface area contributed by atoms with Crippen molar-refractivity contribution < 1.29 is 19.1 Å². The summed E-state index contributed by atoms with van der Waals surface area (Å²) >= 11 is 0. The average molecular weight is 411 g/mol. The van der Waals surface area contributed by atoms with Crippen molar-refractivity contribution in [3.8, 4) is 5.75 Å². The second-order valence-corrected chi connectivity index (χ2v) is 7.49. The van der Waals surface area contributed by atoms with Crippen LogP contribution in [0.4, 0.5) is 0 Å². The van der Waals surface area contributed by atoms with Gasteiger partial charge in [-0.1, -0.05) is 42.5 Å². The maximum Gasteiger partial charge on any atom is 0.309 e. The molecule has 0 spiro atoms. The molecule has 1 amide bonds. The van der Waals surface area contributed by atoms with Crippen LogP contribution in [0, 0.1) is 5.92 Å². The van der Waals surface area contributed by atoms with Crippen LogP contribution in [-0.2, 0) is 14.3 Å². The largest absolute Gasteiger partial charge is 0.497 e. The highest BCUT2D eigenvalue weighted by molar-refractivity contribution is 5.79. The SMILES string of the molecule is CCOC(=O)C1CCN(CC(=O)N[C@@H](c2ccccc2)c2ccc(OC)cc2)CC1. The summed E-state index contributed by atoms with van der Waals surface area (Å²) in [5, 5.41) is 3.18. The molecule has 0 aliphatic carbocycles. The molecule has 1 aliphatic rings. The smallest absolute Gasteiger partial charge is 0.309 e. The summed E-state index contributed by atoms with van der Waals surface area (Å²) in [5.74, 6) is 0.571. The molecule has 1 saturated heterocycles. The zero-order valence-electron chi connectivity index (χ0n) is 17.7. The highest BCUT2D eigenvalue weighted by Crippen LogP contribution is 2.24. The zero-order valence-corrected chi connectivity index (χ0v) is 17.7. The number of benzene rings is 2. The molecule has 1 heterocycles. The Balaban J connectivity index is 1.62. The number of esters is 1. The van der Waals surface area contributed by atoms with E-state index in [4.69, 9.17) is 9.47 Å². The highest BCUT2D eigenvalue weighted by atomic mass is 16.5. The minimum atomic E-state index is -0.235. The lowest BCUT2D eigenvalue weighted by molar-refractivity contribution is -0.149. The van der Waals surface area contributed by atoms with Gasteiger partial charge in [-0.15, -0.1) is 0 Å². The fourth-order valence-corrected chi connectivity index (χ4v) is 3.80. The maximum absolute atomic E-state index is 12.8. The quantitative estimate of drug-likeness (QED) is 0.677. The molecule has 2 aromatic carbocycles. The highest BCUT2D eigenvalue weighted by Gasteiger charge is 2.27. The minimum Gasteiger partial charge on any atom is -0.497 e. The number of hydrogen-bond donors (Lipinski definition) is 1. The van der Waals surface area contributed by atoms with E-state index in [-0.39, 0.29) is 23.8 Å². The van der Waals surface area contributed by atoms with Gasteiger partial charge in [-0.2, -0.15) is 0 Å². The molecule has 0 bridgehead atoms. The number of carbonyl (C=O) groups is 2. The fourth-order valence-electron chi connectivity index (χ4n) is 3.80. The minimum absolute atomic E-state index is 0.0331. The third-order valence-corrected chi connectivity index (χ3v) is 5.46. The Hall–Kier alpha value is -2.86. The predicted octanol–water partition coefficient (Wildman–Crippen LogP) is 3.18. The summed E-state index contributed by atoms with van der Waals surface area (Å²) in [5.41, 5.74) is 2.02. The zero-order chi connectivity index (χ0) is 21.3. The van der Waals surface area contributed by atoms with Crippen molar-refractivity contribution in [1.82, 2.24) is 10.2 Å². The molecule has 3 rings (SSSR count). The number of rotatable bonds is 8. The molecule has 1 N–H and O–H groups in total. The Morgan fingerprint density at radius 2 is 1.67 bits per heavy atom. The molecule has 30 heavy (non-hydrogen) atoms. The average Bonchev–Trinajstić information content (AvgIpc) is 2.79. The third-order valence-electron chi connectivity index (χ3n) is 5.46. The molecule has 0 aromatic heterocycles. The van der Waals surface area contributed by atoms with Crippen molar-refractivity contribution in [2.75, 3.05) is 33.4 Å². The Labute approximate surface area is 178 Å². The van der Waals surface area contributed by atoms with E-state index in [1.54, 1.807) is 7.11 Å². The lowest BCUT2D eigenvalue weighted by Gasteiger charge is -2.31. The van der Waals surface area contributed by atoms with Crippen LogP contribution in [0.5, 0.6) is 5.75 Å². The van der Waals surface area contributed by atoms with Crippen molar-refractivity contribution >= 4 is 11.9 Å².